The average molecular weight is 234 g/mol. The van der Waals surface area contributed by atoms with E-state index in [9.17, 15) is 0 Å². The highest BCUT2D eigenvalue weighted by Gasteiger charge is 2.15. The van der Waals surface area contributed by atoms with E-state index in [4.69, 9.17) is 0 Å². The number of aryl methyl sites for hydroxylation is 2. The van der Waals surface area contributed by atoms with E-state index in [0.717, 1.165) is 49.9 Å². The minimum Gasteiger partial charge on any atom is -0.304 e. The molecule has 1 aliphatic heterocycles. The predicted molar refractivity (Wildman–Crippen MR) is 69.0 cm³/mol. The second-order valence-electron chi connectivity index (χ2n) is 5.02. The van der Waals surface area contributed by atoms with Crippen molar-refractivity contribution < 1.29 is 0 Å². The van der Waals surface area contributed by atoms with E-state index >= 15 is 0 Å². The number of nitrogens with zero attached hydrogens (tertiary/aromatic N) is 4. The van der Waals surface area contributed by atoms with Crippen LogP contribution in [0.1, 0.15) is 22.8 Å². The number of aromatic nitrogens is 2. The summed E-state index contributed by atoms with van der Waals surface area (Å²) in [6.45, 7) is 11.6. The number of likely N-dealkylation sites (N-methyl/N-ethyl adjacent to an activating group) is 1. The molecule has 17 heavy (non-hydrogen) atoms. The summed E-state index contributed by atoms with van der Waals surface area (Å²) in [6.07, 6.45) is 0. The van der Waals surface area contributed by atoms with Crippen molar-refractivity contribution >= 4 is 0 Å². The molecule has 0 saturated carbocycles. The Morgan fingerprint density at radius 1 is 0.941 bits per heavy atom. The van der Waals surface area contributed by atoms with Crippen LogP contribution in [0.5, 0.6) is 0 Å². The van der Waals surface area contributed by atoms with Gasteiger partial charge in [-0.2, -0.15) is 0 Å². The zero-order chi connectivity index (χ0) is 12.4. The Labute approximate surface area is 104 Å². The maximum Gasteiger partial charge on any atom is 0.142 e. The molecule has 0 unspecified atom stereocenters. The van der Waals surface area contributed by atoms with Gasteiger partial charge in [-0.3, -0.25) is 4.90 Å². The molecule has 0 N–H and O–H groups in total. The van der Waals surface area contributed by atoms with Crippen LogP contribution >= 0.6 is 0 Å². The van der Waals surface area contributed by atoms with E-state index in [0.29, 0.717) is 0 Å². The normalized spacial score (nSPS) is 18.6. The predicted octanol–water partition coefficient (Wildman–Crippen LogP) is 1.15. The van der Waals surface area contributed by atoms with Crippen LogP contribution in [-0.2, 0) is 6.54 Å². The first-order valence-electron chi connectivity index (χ1n) is 6.28. The summed E-state index contributed by atoms with van der Waals surface area (Å²) in [5.41, 5.74) is 3.44. The van der Waals surface area contributed by atoms with Crippen molar-refractivity contribution in [3.8, 4) is 0 Å². The lowest BCUT2D eigenvalue weighted by atomic mass is 10.2. The van der Waals surface area contributed by atoms with Gasteiger partial charge < -0.3 is 4.90 Å². The standard InChI is InChI=1S/C13H22N4/c1-10-11(2)14-13(15-12(10)3)9-17-7-5-16(4)6-8-17/h5-9H2,1-4H3. The molecule has 0 bridgehead atoms. The van der Waals surface area contributed by atoms with Crippen LogP contribution in [0, 0.1) is 20.8 Å². The molecule has 0 amide bonds. The van der Waals surface area contributed by atoms with Gasteiger partial charge in [-0.1, -0.05) is 0 Å². The maximum atomic E-state index is 4.58. The molecule has 0 radical (unpaired) electrons. The molecule has 0 atom stereocenters. The first kappa shape index (κ1) is 12.5. The summed E-state index contributed by atoms with van der Waals surface area (Å²) >= 11 is 0. The van der Waals surface area contributed by atoms with Gasteiger partial charge in [0.1, 0.15) is 5.82 Å². The summed E-state index contributed by atoms with van der Waals surface area (Å²) in [5.74, 6) is 0.968. The Morgan fingerprint density at radius 3 is 2.00 bits per heavy atom. The van der Waals surface area contributed by atoms with Crippen molar-refractivity contribution in [2.24, 2.45) is 0 Å². The van der Waals surface area contributed by atoms with Gasteiger partial charge >= 0.3 is 0 Å². The topological polar surface area (TPSA) is 32.3 Å². The molecule has 4 nitrogen and oxygen atoms in total. The van der Waals surface area contributed by atoms with Crippen LogP contribution in [0.4, 0.5) is 0 Å². The van der Waals surface area contributed by atoms with Crippen molar-refractivity contribution in [1.82, 2.24) is 19.8 Å². The van der Waals surface area contributed by atoms with Crippen molar-refractivity contribution in [2.75, 3.05) is 33.2 Å². The minimum absolute atomic E-state index is 0.885. The van der Waals surface area contributed by atoms with E-state index in [1.807, 2.05) is 0 Å². The summed E-state index contributed by atoms with van der Waals surface area (Å²) in [7, 11) is 2.17. The zero-order valence-corrected chi connectivity index (χ0v) is 11.3. The van der Waals surface area contributed by atoms with Gasteiger partial charge in [0.2, 0.25) is 0 Å². The molecule has 0 aliphatic carbocycles. The quantitative estimate of drug-likeness (QED) is 0.768. The fourth-order valence-corrected chi connectivity index (χ4v) is 2.12. The van der Waals surface area contributed by atoms with E-state index in [1.165, 1.54) is 5.56 Å². The highest BCUT2D eigenvalue weighted by atomic mass is 15.3. The molecule has 1 aliphatic rings. The van der Waals surface area contributed by atoms with Gasteiger partial charge in [0.15, 0.2) is 0 Å². The molecule has 1 aromatic heterocycles. The van der Waals surface area contributed by atoms with Crippen molar-refractivity contribution in [2.45, 2.75) is 27.3 Å². The highest BCUT2D eigenvalue weighted by molar-refractivity contribution is 5.22. The molecule has 4 heteroatoms. The molecule has 0 aromatic carbocycles. The maximum absolute atomic E-state index is 4.58. The third-order valence-corrected chi connectivity index (χ3v) is 3.64. The van der Waals surface area contributed by atoms with Gasteiger partial charge in [-0.15, -0.1) is 0 Å². The Bertz CT molecular complexity index is 371. The lowest BCUT2D eigenvalue weighted by Gasteiger charge is -2.31. The molecular weight excluding hydrogens is 212 g/mol. The van der Waals surface area contributed by atoms with Gasteiger partial charge in [-0.25, -0.2) is 9.97 Å². The lowest BCUT2D eigenvalue weighted by molar-refractivity contribution is 0.145. The molecule has 2 heterocycles. The molecule has 0 spiro atoms. The number of hydrogen-bond acceptors (Lipinski definition) is 4. The second-order valence-corrected chi connectivity index (χ2v) is 5.02. The van der Waals surface area contributed by atoms with Crippen molar-refractivity contribution in [1.29, 1.82) is 0 Å². The van der Waals surface area contributed by atoms with Crippen molar-refractivity contribution in [3.05, 3.63) is 22.8 Å². The van der Waals surface area contributed by atoms with E-state index < -0.39 is 0 Å². The van der Waals surface area contributed by atoms with Gasteiger partial charge in [0, 0.05) is 37.6 Å². The Morgan fingerprint density at radius 2 is 1.47 bits per heavy atom. The molecule has 2 rings (SSSR count). The third-order valence-electron chi connectivity index (χ3n) is 3.64. The Balaban J connectivity index is 2.04. The second kappa shape index (κ2) is 5.10. The summed E-state index contributed by atoms with van der Waals surface area (Å²) in [4.78, 5) is 14.0. The Kier molecular flexibility index (Phi) is 3.74. The van der Waals surface area contributed by atoms with Crippen molar-refractivity contribution in [3.63, 3.8) is 0 Å². The minimum atomic E-state index is 0.885. The lowest BCUT2D eigenvalue weighted by Crippen LogP contribution is -2.44. The van der Waals surface area contributed by atoms with Crippen LogP contribution in [-0.4, -0.2) is 53.0 Å². The summed E-state index contributed by atoms with van der Waals surface area (Å²) < 4.78 is 0. The molecule has 94 valence electrons. The fraction of sp³-hybridized carbons (Fsp3) is 0.692. The van der Waals surface area contributed by atoms with Gasteiger partial charge in [-0.05, 0) is 33.4 Å². The summed E-state index contributed by atoms with van der Waals surface area (Å²) in [6, 6.07) is 0. The average Bonchev–Trinajstić information content (AvgIpc) is 2.29. The first-order chi connectivity index (χ1) is 8.06. The number of hydrogen-bond donors (Lipinski definition) is 0. The van der Waals surface area contributed by atoms with E-state index in [1.54, 1.807) is 0 Å². The Hall–Kier alpha value is -1.00. The van der Waals surface area contributed by atoms with Gasteiger partial charge in [0.05, 0.1) is 6.54 Å². The van der Waals surface area contributed by atoms with E-state index in [-0.39, 0.29) is 0 Å². The SMILES string of the molecule is Cc1nc(CN2CCN(C)CC2)nc(C)c1C. The van der Waals surface area contributed by atoms with Gasteiger partial charge in [0.25, 0.3) is 0 Å². The molecular formula is C13H22N4. The summed E-state index contributed by atoms with van der Waals surface area (Å²) in [5, 5.41) is 0. The van der Waals surface area contributed by atoms with Crippen LogP contribution < -0.4 is 0 Å². The monoisotopic (exact) mass is 234 g/mol. The van der Waals surface area contributed by atoms with Crippen LogP contribution in [0.15, 0.2) is 0 Å². The first-order valence-corrected chi connectivity index (χ1v) is 6.28. The van der Waals surface area contributed by atoms with Crippen LogP contribution in [0.25, 0.3) is 0 Å². The molecule has 1 aromatic rings. The number of rotatable bonds is 2. The number of piperazine rings is 1. The smallest absolute Gasteiger partial charge is 0.142 e. The largest absolute Gasteiger partial charge is 0.304 e. The fourth-order valence-electron chi connectivity index (χ4n) is 2.12. The van der Waals surface area contributed by atoms with Crippen LogP contribution in [0.3, 0.4) is 0 Å². The van der Waals surface area contributed by atoms with Crippen LogP contribution in [0.2, 0.25) is 0 Å². The highest BCUT2D eigenvalue weighted by Crippen LogP contribution is 2.10. The van der Waals surface area contributed by atoms with E-state index in [2.05, 4.69) is 47.6 Å². The third kappa shape index (κ3) is 3.01. The molecule has 1 fully saturated rings. The zero-order valence-electron chi connectivity index (χ0n) is 11.3. The molecule has 1 saturated heterocycles.